The summed E-state index contributed by atoms with van der Waals surface area (Å²) in [6, 6.07) is 5.80. The molecule has 0 saturated heterocycles. The molecular formula is C11H15ClOS. The molecule has 0 amide bonds. The van der Waals surface area contributed by atoms with E-state index < -0.39 is 0 Å². The molecule has 1 aromatic carbocycles. The quantitative estimate of drug-likeness (QED) is 0.778. The third-order valence-corrected chi connectivity index (χ3v) is 2.84. The minimum absolute atomic E-state index is 0.440. The van der Waals surface area contributed by atoms with Gasteiger partial charge in [-0.05, 0) is 36.3 Å². The van der Waals surface area contributed by atoms with Crippen LogP contribution in [0.5, 0.6) is 5.75 Å². The summed E-state index contributed by atoms with van der Waals surface area (Å²) in [5, 5.41) is 0.677. The van der Waals surface area contributed by atoms with Crippen LogP contribution < -0.4 is 4.74 Å². The second-order valence-corrected chi connectivity index (χ2v) is 4.30. The van der Waals surface area contributed by atoms with Gasteiger partial charge in [-0.25, -0.2) is 0 Å². The van der Waals surface area contributed by atoms with E-state index in [1.165, 1.54) is 0 Å². The lowest BCUT2D eigenvalue weighted by molar-refractivity contribution is 0.274. The fourth-order valence-corrected chi connectivity index (χ4v) is 1.40. The highest BCUT2D eigenvalue weighted by molar-refractivity contribution is 7.80. The van der Waals surface area contributed by atoms with Crippen LogP contribution in [0.3, 0.4) is 0 Å². The number of benzene rings is 1. The van der Waals surface area contributed by atoms with Crippen molar-refractivity contribution in [2.75, 3.05) is 12.4 Å². The van der Waals surface area contributed by atoms with Gasteiger partial charge in [-0.15, -0.1) is 0 Å². The monoisotopic (exact) mass is 230 g/mol. The molecule has 0 fully saturated rings. The molecule has 0 aromatic heterocycles. The van der Waals surface area contributed by atoms with Gasteiger partial charge in [0.1, 0.15) is 5.75 Å². The van der Waals surface area contributed by atoms with Crippen LogP contribution in [0.2, 0.25) is 5.02 Å². The van der Waals surface area contributed by atoms with Crippen molar-refractivity contribution in [3.63, 3.8) is 0 Å². The highest BCUT2D eigenvalue weighted by Gasteiger charge is 2.04. The zero-order valence-corrected chi connectivity index (χ0v) is 10.1. The molecule has 3 heteroatoms. The van der Waals surface area contributed by atoms with E-state index in [1.54, 1.807) is 0 Å². The van der Waals surface area contributed by atoms with Crippen molar-refractivity contribution in [3.05, 3.63) is 28.8 Å². The molecule has 1 nitrogen and oxygen atoms in total. The molecule has 1 rings (SSSR count). The molecule has 0 bridgehead atoms. The van der Waals surface area contributed by atoms with Crippen molar-refractivity contribution in [3.8, 4) is 5.75 Å². The van der Waals surface area contributed by atoms with Gasteiger partial charge < -0.3 is 4.74 Å². The molecule has 1 aromatic rings. The maximum Gasteiger partial charge on any atom is 0.137 e. The summed E-state index contributed by atoms with van der Waals surface area (Å²) in [5.41, 5.74) is 1.14. The molecule has 0 aliphatic heterocycles. The zero-order valence-electron chi connectivity index (χ0n) is 8.46. The van der Waals surface area contributed by atoms with Crippen molar-refractivity contribution in [2.24, 2.45) is 5.92 Å². The van der Waals surface area contributed by atoms with Crippen molar-refractivity contribution >= 4 is 24.2 Å². The van der Waals surface area contributed by atoms with Crippen LogP contribution in [0.25, 0.3) is 0 Å². The Hall–Kier alpha value is -0.340. The minimum atomic E-state index is 0.440. The molecule has 0 heterocycles. The normalized spacial score (nSPS) is 12.6. The number of hydrogen-bond acceptors (Lipinski definition) is 2. The molecule has 0 aliphatic rings. The van der Waals surface area contributed by atoms with Gasteiger partial charge in [-0.3, -0.25) is 0 Å². The van der Waals surface area contributed by atoms with Crippen LogP contribution in [0.15, 0.2) is 18.2 Å². The number of aryl methyl sites for hydroxylation is 1. The van der Waals surface area contributed by atoms with E-state index in [0.29, 0.717) is 17.5 Å². The van der Waals surface area contributed by atoms with Crippen LogP contribution in [-0.2, 0) is 0 Å². The Bertz CT molecular complexity index is 301. The lowest BCUT2D eigenvalue weighted by atomic mass is 10.2. The van der Waals surface area contributed by atoms with Crippen molar-refractivity contribution in [1.29, 1.82) is 0 Å². The van der Waals surface area contributed by atoms with Crippen molar-refractivity contribution in [2.45, 2.75) is 13.8 Å². The van der Waals surface area contributed by atoms with Gasteiger partial charge in [0.05, 0.1) is 11.6 Å². The van der Waals surface area contributed by atoms with Crippen LogP contribution in [0.4, 0.5) is 0 Å². The van der Waals surface area contributed by atoms with Crippen molar-refractivity contribution < 1.29 is 4.74 Å². The van der Waals surface area contributed by atoms with E-state index in [9.17, 15) is 0 Å². The van der Waals surface area contributed by atoms with Gasteiger partial charge >= 0.3 is 0 Å². The number of ether oxygens (including phenoxy) is 1. The summed E-state index contributed by atoms with van der Waals surface area (Å²) in [7, 11) is 0. The van der Waals surface area contributed by atoms with E-state index in [-0.39, 0.29) is 0 Å². The van der Waals surface area contributed by atoms with Gasteiger partial charge in [0.15, 0.2) is 0 Å². The van der Waals surface area contributed by atoms with Gasteiger partial charge in [-0.2, -0.15) is 12.6 Å². The molecule has 0 radical (unpaired) electrons. The van der Waals surface area contributed by atoms with E-state index in [0.717, 1.165) is 17.1 Å². The van der Waals surface area contributed by atoms with Crippen LogP contribution in [0.1, 0.15) is 12.5 Å². The van der Waals surface area contributed by atoms with Crippen LogP contribution >= 0.6 is 24.2 Å². The summed E-state index contributed by atoms with van der Waals surface area (Å²) in [6.45, 7) is 4.76. The number of thiol groups is 1. The molecule has 1 atom stereocenters. The molecule has 0 N–H and O–H groups in total. The summed E-state index contributed by atoms with van der Waals surface area (Å²) in [5.74, 6) is 2.02. The summed E-state index contributed by atoms with van der Waals surface area (Å²) >= 11 is 10.2. The Morgan fingerprint density at radius 1 is 1.50 bits per heavy atom. The topological polar surface area (TPSA) is 9.23 Å². The molecule has 0 aliphatic carbocycles. The standard InChI is InChI=1S/C11H15ClOS/c1-8-3-4-11(10(12)5-8)13-6-9(2)7-14/h3-5,9,14H,6-7H2,1-2H3. The predicted molar refractivity (Wildman–Crippen MR) is 64.7 cm³/mol. The summed E-state index contributed by atoms with van der Waals surface area (Å²) in [4.78, 5) is 0. The van der Waals surface area contributed by atoms with Gasteiger partial charge in [0.2, 0.25) is 0 Å². The molecule has 1 unspecified atom stereocenters. The Morgan fingerprint density at radius 3 is 2.79 bits per heavy atom. The Morgan fingerprint density at radius 2 is 2.21 bits per heavy atom. The first-order valence-electron chi connectivity index (χ1n) is 4.63. The van der Waals surface area contributed by atoms with E-state index in [1.807, 2.05) is 25.1 Å². The predicted octanol–water partition coefficient (Wildman–Crippen LogP) is 3.59. The molecule has 0 spiro atoms. The average Bonchev–Trinajstić information content (AvgIpc) is 2.16. The fraction of sp³-hybridized carbons (Fsp3) is 0.455. The number of halogens is 1. The van der Waals surface area contributed by atoms with Gasteiger partial charge in [-0.1, -0.05) is 24.6 Å². The second-order valence-electron chi connectivity index (χ2n) is 3.53. The second kappa shape index (κ2) is 5.52. The zero-order chi connectivity index (χ0) is 10.6. The third kappa shape index (κ3) is 3.43. The lowest BCUT2D eigenvalue weighted by Crippen LogP contribution is -2.09. The van der Waals surface area contributed by atoms with E-state index >= 15 is 0 Å². The third-order valence-electron chi connectivity index (χ3n) is 1.92. The first-order chi connectivity index (χ1) is 6.63. The lowest BCUT2D eigenvalue weighted by Gasteiger charge is -2.11. The van der Waals surface area contributed by atoms with Gasteiger partial charge in [0.25, 0.3) is 0 Å². The van der Waals surface area contributed by atoms with Crippen LogP contribution in [-0.4, -0.2) is 12.4 Å². The summed E-state index contributed by atoms with van der Waals surface area (Å²) in [6.07, 6.45) is 0. The molecule has 14 heavy (non-hydrogen) atoms. The van der Waals surface area contributed by atoms with Crippen LogP contribution in [0, 0.1) is 12.8 Å². The van der Waals surface area contributed by atoms with E-state index in [2.05, 4.69) is 19.6 Å². The van der Waals surface area contributed by atoms with Crippen molar-refractivity contribution in [1.82, 2.24) is 0 Å². The highest BCUT2D eigenvalue weighted by Crippen LogP contribution is 2.25. The average molecular weight is 231 g/mol. The first kappa shape index (κ1) is 11.7. The van der Waals surface area contributed by atoms with E-state index in [4.69, 9.17) is 16.3 Å². The minimum Gasteiger partial charge on any atom is -0.492 e. The maximum atomic E-state index is 6.01. The largest absolute Gasteiger partial charge is 0.492 e. The Labute approximate surface area is 95.8 Å². The molecule has 0 saturated carbocycles. The highest BCUT2D eigenvalue weighted by atomic mass is 35.5. The first-order valence-corrected chi connectivity index (χ1v) is 5.64. The SMILES string of the molecule is Cc1ccc(OCC(C)CS)c(Cl)c1. The number of hydrogen-bond donors (Lipinski definition) is 1. The van der Waals surface area contributed by atoms with Gasteiger partial charge in [0, 0.05) is 0 Å². The maximum absolute atomic E-state index is 6.01. The smallest absolute Gasteiger partial charge is 0.137 e. The number of rotatable bonds is 4. The molecule has 78 valence electrons. The fourth-order valence-electron chi connectivity index (χ4n) is 1.01. The summed E-state index contributed by atoms with van der Waals surface area (Å²) < 4.78 is 5.56. The Balaban J connectivity index is 2.59. The Kier molecular flexibility index (Phi) is 4.63. The molecular weight excluding hydrogens is 216 g/mol.